The number of piperazine rings is 1. The van der Waals surface area contributed by atoms with E-state index < -0.39 is 12.0 Å². The minimum absolute atomic E-state index is 0.146. The van der Waals surface area contributed by atoms with E-state index in [4.69, 9.17) is 4.74 Å². The van der Waals surface area contributed by atoms with Crippen LogP contribution >= 0.6 is 0 Å². The highest BCUT2D eigenvalue weighted by atomic mass is 16.5. The zero-order valence-electron chi connectivity index (χ0n) is 10.7. The third kappa shape index (κ3) is 2.31. The molecule has 2 N–H and O–H groups in total. The normalized spacial score (nSPS) is 27.4. The average molecular weight is 262 g/mol. The van der Waals surface area contributed by atoms with Gasteiger partial charge in [-0.3, -0.25) is 9.69 Å². The lowest BCUT2D eigenvalue weighted by Gasteiger charge is -2.41. The molecular formula is C14H18N2O3. The number of carboxylic acid groups (broad SMARTS) is 1. The molecule has 0 aliphatic carbocycles. The molecule has 0 saturated carbocycles. The van der Waals surface area contributed by atoms with Gasteiger partial charge in [-0.2, -0.15) is 0 Å². The molecule has 1 saturated heterocycles. The van der Waals surface area contributed by atoms with Gasteiger partial charge in [-0.05, 0) is 6.07 Å². The molecular weight excluding hydrogens is 244 g/mol. The lowest BCUT2D eigenvalue weighted by atomic mass is 9.96. The number of hydrogen-bond acceptors (Lipinski definition) is 4. The number of nitrogens with zero attached hydrogens (tertiary/aromatic N) is 1. The smallest absolute Gasteiger partial charge is 0.322 e. The summed E-state index contributed by atoms with van der Waals surface area (Å²) in [6, 6.07) is 7.63. The highest BCUT2D eigenvalue weighted by Gasteiger charge is 2.36. The number of hydrogen-bond donors (Lipinski definition) is 2. The van der Waals surface area contributed by atoms with Gasteiger partial charge in [-0.25, -0.2) is 0 Å². The Balaban J connectivity index is 1.91. The first kappa shape index (κ1) is 12.4. The SMILES string of the molecule is O=C(O)C1CNCCN1C1CCOc2ccccc21. The van der Waals surface area contributed by atoms with Gasteiger partial charge in [-0.1, -0.05) is 18.2 Å². The highest BCUT2D eigenvalue weighted by Crippen LogP contribution is 2.36. The standard InChI is InChI=1S/C14H18N2O3/c17-14(18)12-9-15-6-7-16(12)11-5-8-19-13-4-2-1-3-10(11)13/h1-4,11-12,15H,5-9H2,(H,17,18). The van der Waals surface area contributed by atoms with Crippen LogP contribution in [0.5, 0.6) is 5.75 Å². The van der Waals surface area contributed by atoms with Gasteiger partial charge < -0.3 is 15.2 Å². The van der Waals surface area contributed by atoms with Crippen molar-refractivity contribution in [3.05, 3.63) is 29.8 Å². The molecule has 2 atom stereocenters. The molecule has 0 bridgehead atoms. The zero-order chi connectivity index (χ0) is 13.2. The Morgan fingerprint density at radius 3 is 3.11 bits per heavy atom. The fourth-order valence-corrected chi connectivity index (χ4v) is 2.99. The lowest BCUT2D eigenvalue weighted by Crippen LogP contribution is -2.56. The number of benzene rings is 1. The van der Waals surface area contributed by atoms with E-state index in [-0.39, 0.29) is 6.04 Å². The van der Waals surface area contributed by atoms with Gasteiger partial charge >= 0.3 is 5.97 Å². The van der Waals surface area contributed by atoms with Crippen molar-refractivity contribution in [1.29, 1.82) is 0 Å². The molecule has 2 heterocycles. The molecule has 0 amide bonds. The van der Waals surface area contributed by atoms with Gasteiger partial charge in [0.25, 0.3) is 0 Å². The van der Waals surface area contributed by atoms with Crippen LogP contribution in [0.2, 0.25) is 0 Å². The molecule has 1 fully saturated rings. The van der Waals surface area contributed by atoms with Crippen molar-refractivity contribution in [2.45, 2.75) is 18.5 Å². The van der Waals surface area contributed by atoms with Crippen LogP contribution in [0.25, 0.3) is 0 Å². The van der Waals surface area contributed by atoms with E-state index in [0.29, 0.717) is 13.2 Å². The van der Waals surface area contributed by atoms with E-state index in [2.05, 4.69) is 10.2 Å². The second kappa shape index (κ2) is 5.19. The molecule has 19 heavy (non-hydrogen) atoms. The molecule has 2 aliphatic rings. The molecule has 5 nitrogen and oxygen atoms in total. The molecule has 0 radical (unpaired) electrons. The van der Waals surface area contributed by atoms with E-state index in [1.807, 2.05) is 24.3 Å². The molecule has 2 unspecified atom stereocenters. The number of nitrogens with one attached hydrogen (secondary N) is 1. The predicted octanol–water partition coefficient (Wildman–Crippen LogP) is 0.869. The number of fused-ring (bicyclic) bond motifs is 1. The van der Waals surface area contributed by atoms with Crippen LogP contribution in [0.3, 0.4) is 0 Å². The van der Waals surface area contributed by atoms with E-state index >= 15 is 0 Å². The van der Waals surface area contributed by atoms with E-state index in [1.54, 1.807) is 0 Å². The van der Waals surface area contributed by atoms with Crippen LogP contribution in [0, 0.1) is 0 Å². The first-order valence-electron chi connectivity index (χ1n) is 6.68. The Hall–Kier alpha value is -1.59. The molecule has 102 valence electrons. The van der Waals surface area contributed by atoms with Gasteiger partial charge in [0.15, 0.2) is 0 Å². The quantitative estimate of drug-likeness (QED) is 0.828. The topological polar surface area (TPSA) is 61.8 Å². The Morgan fingerprint density at radius 1 is 1.42 bits per heavy atom. The summed E-state index contributed by atoms with van der Waals surface area (Å²) in [4.78, 5) is 13.5. The second-order valence-corrected chi connectivity index (χ2v) is 4.99. The minimum atomic E-state index is -0.754. The third-order valence-electron chi connectivity index (χ3n) is 3.90. The molecule has 0 spiro atoms. The summed E-state index contributed by atoms with van der Waals surface area (Å²) < 4.78 is 5.65. The predicted molar refractivity (Wildman–Crippen MR) is 70.3 cm³/mol. The maximum absolute atomic E-state index is 11.4. The van der Waals surface area contributed by atoms with Crippen LogP contribution < -0.4 is 10.1 Å². The molecule has 5 heteroatoms. The summed E-state index contributed by atoms with van der Waals surface area (Å²) in [5.41, 5.74) is 1.11. The van der Waals surface area contributed by atoms with E-state index in [9.17, 15) is 9.90 Å². The van der Waals surface area contributed by atoms with Crippen LogP contribution in [-0.2, 0) is 4.79 Å². The molecule has 3 rings (SSSR count). The Bertz CT molecular complexity index is 478. The van der Waals surface area contributed by atoms with Crippen molar-refractivity contribution in [3.63, 3.8) is 0 Å². The third-order valence-corrected chi connectivity index (χ3v) is 3.90. The van der Waals surface area contributed by atoms with Crippen molar-refractivity contribution in [2.24, 2.45) is 0 Å². The second-order valence-electron chi connectivity index (χ2n) is 4.99. The van der Waals surface area contributed by atoms with Crippen LogP contribution in [0.1, 0.15) is 18.0 Å². The summed E-state index contributed by atoms with van der Waals surface area (Å²) in [6.07, 6.45) is 0.848. The summed E-state index contributed by atoms with van der Waals surface area (Å²) in [5, 5.41) is 12.5. The molecule has 2 aliphatic heterocycles. The number of para-hydroxylation sites is 1. The Morgan fingerprint density at radius 2 is 2.26 bits per heavy atom. The largest absolute Gasteiger partial charge is 0.493 e. The van der Waals surface area contributed by atoms with Crippen LogP contribution in [-0.4, -0.2) is 48.3 Å². The van der Waals surface area contributed by atoms with E-state index in [1.165, 1.54) is 0 Å². The number of aliphatic carboxylic acids is 1. The number of carbonyl (C=O) groups is 1. The summed E-state index contributed by atoms with van der Waals surface area (Å²) in [7, 11) is 0. The van der Waals surface area contributed by atoms with Crippen LogP contribution in [0.4, 0.5) is 0 Å². The fraction of sp³-hybridized carbons (Fsp3) is 0.500. The van der Waals surface area contributed by atoms with Crippen molar-refractivity contribution >= 4 is 5.97 Å². The molecule has 1 aromatic carbocycles. The Labute approximate surface area is 112 Å². The molecule has 0 aromatic heterocycles. The van der Waals surface area contributed by atoms with Crippen molar-refractivity contribution in [1.82, 2.24) is 10.2 Å². The van der Waals surface area contributed by atoms with Gasteiger partial charge in [0.1, 0.15) is 11.8 Å². The maximum atomic E-state index is 11.4. The maximum Gasteiger partial charge on any atom is 0.322 e. The minimum Gasteiger partial charge on any atom is -0.493 e. The van der Waals surface area contributed by atoms with Gasteiger partial charge in [0.2, 0.25) is 0 Å². The van der Waals surface area contributed by atoms with Gasteiger partial charge in [-0.15, -0.1) is 0 Å². The first-order chi connectivity index (χ1) is 9.27. The molecule has 1 aromatic rings. The number of ether oxygens (including phenoxy) is 1. The lowest BCUT2D eigenvalue weighted by molar-refractivity contribution is -0.145. The van der Waals surface area contributed by atoms with Crippen molar-refractivity contribution in [2.75, 3.05) is 26.2 Å². The van der Waals surface area contributed by atoms with Gasteiger partial charge in [0.05, 0.1) is 6.61 Å². The monoisotopic (exact) mass is 262 g/mol. The first-order valence-corrected chi connectivity index (χ1v) is 6.68. The van der Waals surface area contributed by atoms with E-state index in [0.717, 1.165) is 30.8 Å². The summed E-state index contributed by atoms with van der Waals surface area (Å²) >= 11 is 0. The van der Waals surface area contributed by atoms with Gasteiger partial charge in [0, 0.05) is 37.7 Å². The highest BCUT2D eigenvalue weighted by molar-refractivity contribution is 5.74. The number of rotatable bonds is 2. The fourth-order valence-electron chi connectivity index (χ4n) is 2.99. The summed E-state index contributed by atoms with van der Waals surface area (Å²) in [6.45, 7) is 2.76. The van der Waals surface area contributed by atoms with Crippen molar-refractivity contribution < 1.29 is 14.6 Å². The van der Waals surface area contributed by atoms with Crippen LogP contribution in [0.15, 0.2) is 24.3 Å². The Kier molecular flexibility index (Phi) is 3.40. The average Bonchev–Trinajstić information content (AvgIpc) is 2.46. The zero-order valence-corrected chi connectivity index (χ0v) is 10.7. The van der Waals surface area contributed by atoms with Crippen molar-refractivity contribution in [3.8, 4) is 5.75 Å². The number of carboxylic acids is 1. The summed E-state index contributed by atoms with van der Waals surface area (Å²) in [5.74, 6) is 0.137.